The van der Waals surface area contributed by atoms with Crippen molar-refractivity contribution in [2.75, 3.05) is 6.61 Å². The third-order valence-corrected chi connectivity index (χ3v) is 2.36. The van der Waals surface area contributed by atoms with Gasteiger partial charge >= 0.3 is 5.97 Å². The molecule has 0 fully saturated rings. The molecule has 0 aromatic rings. The van der Waals surface area contributed by atoms with Gasteiger partial charge in [0.1, 0.15) is 0 Å². The van der Waals surface area contributed by atoms with Gasteiger partial charge in [-0.3, -0.25) is 9.59 Å². The number of carbonyl (C=O) groups is 2. The molecule has 0 aliphatic rings. The molecule has 0 aliphatic heterocycles. The highest BCUT2D eigenvalue weighted by Gasteiger charge is 2.31. The van der Waals surface area contributed by atoms with Gasteiger partial charge in [0.2, 0.25) is 0 Å². The van der Waals surface area contributed by atoms with E-state index >= 15 is 0 Å². The van der Waals surface area contributed by atoms with E-state index in [9.17, 15) is 9.59 Å². The van der Waals surface area contributed by atoms with Gasteiger partial charge in [-0.05, 0) is 32.8 Å². The molecule has 92 valence electrons. The molecule has 3 heteroatoms. The Balaban J connectivity index is 4.25. The lowest BCUT2D eigenvalue weighted by Crippen LogP contribution is -2.29. The first-order chi connectivity index (χ1) is 7.31. The van der Waals surface area contributed by atoms with Crippen molar-refractivity contribution in [2.24, 2.45) is 5.41 Å². The number of esters is 1. The molecule has 0 N–H and O–H groups in total. The fraction of sp³-hybridized carbons (Fsp3) is 0.692. The number of Topliss-reactive ketones (excluding diaryl/α,β-unsaturated/α-hetero) is 1. The van der Waals surface area contributed by atoms with Crippen LogP contribution in [0.2, 0.25) is 0 Å². The number of hydrogen-bond donors (Lipinski definition) is 0. The second-order valence-electron chi connectivity index (χ2n) is 4.75. The lowest BCUT2D eigenvalue weighted by Gasteiger charge is -2.21. The fourth-order valence-corrected chi connectivity index (χ4v) is 1.13. The maximum Gasteiger partial charge on any atom is 0.311 e. The van der Waals surface area contributed by atoms with Crippen molar-refractivity contribution in [3.8, 4) is 0 Å². The second kappa shape index (κ2) is 6.46. The Hall–Kier alpha value is -1.12. The molecule has 0 bridgehead atoms. The molecule has 0 atom stereocenters. The van der Waals surface area contributed by atoms with Crippen LogP contribution in [-0.4, -0.2) is 18.4 Å². The summed E-state index contributed by atoms with van der Waals surface area (Å²) in [7, 11) is 0. The predicted octanol–water partition coefficient (Wildman–Crippen LogP) is 2.89. The molecule has 0 radical (unpaired) electrons. The van der Waals surface area contributed by atoms with Gasteiger partial charge in [-0.15, -0.1) is 0 Å². The lowest BCUT2D eigenvalue weighted by atomic mass is 9.86. The van der Waals surface area contributed by atoms with E-state index in [0.29, 0.717) is 12.2 Å². The summed E-state index contributed by atoms with van der Waals surface area (Å²) in [6.07, 6.45) is 2.00. The van der Waals surface area contributed by atoms with Crippen molar-refractivity contribution in [1.29, 1.82) is 0 Å². The summed E-state index contributed by atoms with van der Waals surface area (Å²) in [5.41, 5.74) is -0.279. The Kier molecular flexibility index (Phi) is 6.01. The number of rotatable bonds is 7. The average Bonchev–Trinajstić information content (AvgIpc) is 2.17. The molecule has 0 unspecified atom stereocenters. The van der Waals surface area contributed by atoms with Crippen LogP contribution in [0.3, 0.4) is 0 Å². The lowest BCUT2D eigenvalue weighted by molar-refractivity contribution is -0.155. The zero-order chi connectivity index (χ0) is 12.8. The molecule has 3 nitrogen and oxygen atoms in total. The molecule has 0 rings (SSSR count). The minimum Gasteiger partial charge on any atom is -0.465 e. The smallest absolute Gasteiger partial charge is 0.311 e. The third kappa shape index (κ3) is 5.10. The monoisotopic (exact) mass is 226 g/mol. The zero-order valence-electron chi connectivity index (χ0n) is 10.8. The van der Waals surface area contributed by atoms with Crippen LogP contribution in [0.4, 0.5) is 0 Å². The summed E-state index contributed by atoms with van der Waals surface area (Å²) >= 11 is 0. The average molecular weight is 226 g/mol. The Labute approximate surface area is 97.9 Å². The number of allylic oxidation sites excluding steroid dienone is 1. The molecule has 0 amide bonds. The Morgan fingerprint density at radius 1 is 1.31 bits per heavy atom. The number of ether oxygens (including phenoxy) is 1. The van der Waals surface area contributed by atoms with Crippen LogP contribution in [0.15, 0.2) is 12.2 Å². The highest BCUT2D eigenvalue weighted by molar-refractivity contribution is 5.97. The molecule has 0 aromatic carbocycles. The van der Waals surface area contributed by atoms with Crippen LogP contribution in [0.1, 0.15) is 47.0 Å². The van der Waals surface area contributed by atoms with Crippen LogP contribution in [0.25, 0.3) is 0 Å². The van der Waals surface area contributed by atoms with Crippen LogP contribution >= 0.6 is 0 Å². The van der Waals surface area contributed by atoms with E-state index in [1.54, 1.807) is 20.8 Å². The van der Waals surface area contributed by atoms with Crippen molar-refractivity contribution in [2.45, 2.75) is 47.0 Å². The predicted molar refractivity (Wildman–Crippen MR) is 64.1 cm³/mol. The molecule has 0 aliphatic carbocycles. The van der Waals surface area contributed by atoms with Crippen molar-refractivity contribution < 1.29 is 14.3 Å². The summed E-state index contributed by atoms with van der Waals surface area (Å²) in [6.45, 7) is 11.1. The summed E-state index contributed by atoms with van der Waals surface area (Å²) < 4.78 is 5.11. The number of carbonyl (C=O) groups excluding carboxylic acids is 2. The molecule has 0 saturated carbocycles. The largest absolute Gasteiger partial charge is 0.465 e. The van der Waals surface area contributed by atoms with E-state index in [-0.39, 0.29) is 18.2 Å². The Morgan fingerprint density at radius 3 is 2.31 bits per heavy atom. The highest BCUT2D eigenvalue weighted by atomic mass is 16.5. The molecule has 0 spiro atoms. The van der Waals surface area contributed by atoms with Crippen LogP contribution in [0.5, 0.6) is 0 Å². The van der Waals surface area contributed by atoms with Crippen molar-refractivity contribution in [1.82, 2.24) is 0 Å². The van der Waals surface area contributed by atoms with Crippen LogP contribution in [-0.2, 0) is 14.3 Å². The van der Waals surface area contributed by atoms with Gasteiger partial charge in [-0.1, -0.05) is 19.9 Å². The zero-order valence-corrected chi connectivity index (χ0v) is 10.8. The minimum atomic E-state index is -0.760. The van der Waals surface area contributed by atoms with Crippen molar-refractivity contribution in [3.63, 3.8) is 0 Å². The van der Waals surface area contributed by atoms with E-state index in [4.69, 9.17) is 4.74 Å². The van der Waals surface area contributed by atoms with Gasteiger partial charge < -0.3 is 4.74 Å². The molecule has 0 saturated heterocycles. The highest BCUT2D eigenvalue weighted by Crippen LogP contribution is 2.24. The first-order valence-corrected chi connectivity index (χ1v) is 5.67. The van der Waals surface area contributed by atoms with Gasteiger partial charge in [0.25, 0.3) is 0 Å². The first kappa shape index (κ1) is 14.9. The third-order valence-electron chi connectivity index (χ3n) is 2.36. The maximum absolute atomic E-state index is 11.7. The topological polar surface area (TPSA) is 43.4 Å². The Morgan fingerprint density at radius 2 is 1.88 bits per heavy atom. The van der Waals surface area contributed by atoms with Gasteiger partial charge in [0.05, 0.1) is 12.0 Å². The molecular weight excluding hydrogens is 204 g/mol. The fourth-order valence-electron chi connectivity index (χ4n) is 1.13. The molecular formula is C13H22O3. The summed E-state index contributed by atoms with van der Waals surface area (Å²) in [6, 6.07) is 0. The van der Waals surface area contributed by atoms with Crippen molar-refractivity contribution in [3.05, 3.63) is 12.2 Å². The molecule has 0 aromatic heterocycles. The quantitative estimate of drug-likeness (QED) is 0.381. The minimum absolute atomic E-state index is 0.0857. The van der Waals surface area contributed by atoms with Crippen molar-refractivity contribution >= 4 is 11.8 Å². The van der Waals surface area contributed by atoms with Gasteiger partial charge in [-0.25, -0.2) is 0 Å². The second-order valence-corrected chi connectivity index (χ2v) is 4.75. The van der Waals surface area contributed by atoms with Crippen LogP contribution in [0, 0.1) is 5.41 Å². The molecule has 0 heterocycles. The first-order valence-electron chi connectivity index (χ1n) is 5.67. The summed E-state index contributed by atoms with van der Waals surface area (Å²) in [4.78, 5) is 23.2. The summed E-state index contributed by atoms with van der Waals surface area (Å²) in [5, 5.41) is 0. The van der Waals surface area contributed by atoms with E-state index in [2.05, 4.69) is 6.58 Å². The van der Waals surface area contributed by atoms with Crippen LogP contribution < -0.4 is 0 Å². The summed E-state index contributed by atoms with van der Waals surface area (Å²) in [5.74, 6) is -0.395. The normalized spacial score (nSPS) is 11.0. The SMILES string of the molecule is C=C(C)C(=O)CC(C)(C)C(=O)OCCCC. The number of hydrogen-bond acceptors (Lipinski definition) is 3. The Bertz CT molecular complexity index is 277. The maximum atomic E-state index is 11.7. The van der Waals surface area contributed by atoms with E-state index in [0.717, 1.165) is 12.8 Å². The van der Waals surface area contributed by atoms with Gasteiger partial charge in [0.15, 0.2) is 5.78 Å². The standard InChI is InChI=1S/C13H22O3/c1-6-7-8-16-12(15)13(4,5)9-11(14)10(2)3/h2,6-9H2,1,3-5H3. The number of unbranched alkanes of at least 4 members (excludes halogenated alkanes) is 1. The number of ketones is 1. The molecule has 16 heavy (non-hydrogen) atoms. The van der Waals surface area contributed by atoms with Gasteiger partial charge in [0, 0.05) is 6.42 Å². The van der Waals surface area contributed by atoms with E-state index in [1.165, 1.54) is 0 Å². The van der Waals surface area contributed by atoms with E-state index < -0.39 is 5.41 Å². The van der Waals surface area contributed by atoms with E-state index in [1.807, 2.05) is 6.92 Å². The van der Waals surface area contributed by atoms with Gasteiger partial charge in [-0.2, -0.15) is 0 Å².